The Labute approximate surface area is 218 Å². The molecule has 0 saturated carbocycles. The number of nitrogens with zero attached hydrogens (tertiary/aromatic N) is 2. The Morgan fingerprint density at radius 1 is 0.973 bits per heavy atom. The minimum absolute atomic E-state index is 0.169. The van der Waals surface area contributed by atoms with Crippen molar-refractivity contribution in [1.82, 2.24) is 4.57 Å². The van der Waals surface area contributed by atoms with Crippen LogP contribution in [-0.4, -0.2) is 23.7 Å². The molecule has 4 aromatic rings. The van der Waals surface area contributed by atoms with E-state index in [1.54, 1.807) is 54.6 Å². The maximum atomic E-state index is 13.6. The molecule has 0 aliphatic heterocycles. The monoisotopic (exact) mass is 511 g/mol. The van der Waals surface area contributed by atoms with Crippen molar-refractivity contribution in [2.24, 2.45) is 0 Å². The number of aromatic nitrogens is 1. The number of para-hydroxylation sites is 2. The number of carbonyl (C=O) groups is 1. The van der Waals surface area contributed by atoms with Crippen molar-refractivity contribution in [2.45, 2.75) is 13.8 Å². The van der Waals surface area contributed by atoms with Crippen LogP contribution in [0.4, 0.5) is 5.69 Å². The van der Waals surface area contributed by atoms with Crippen LogP contribution in [0.3, 0.4) is 0 Å². The molecule has 0 aliphatic rings. The summed E-state index contributed by atoms with van der Waals surface area (Å²) in [7, 11) is 0. The van der Waals surface area contributed by atoms with Crippen LogP contribution in [0.2, 0.25) is 0 Å². The van der Waals surface area contributed by atoms with E-state index in [4.69, 9.17) is 9.47 Å². The number of hydrogen-bond acceptors (Lipinski definition) is 6. The summed E-state index contributed by atoms with van der Waals surface area (Å²) in [5.41, 5.74) is 1.28. The quantitative estimate of drug-likeness (QED) is 0.388. The zero-order valence-corrected chi connectivity index (χ0v) is 21.2. The SMILES string of the molecule is CCOc1ccc(NC(=O)/C(C#N)=c2\s/c(=C/c3ccccc3OCC)c(=O)n2-c2ccccc2)cc1. The number of nitrogens with one attached hydrogen (secondary N) is 1. The molecular formula is C29H25N3O4S. The van der Waals surface area contributed by atoms with Gasteiger partial charge in [0, 0.05) is 11.3 Å². The van der Waals surface area contributed by atoms with Crippen LogP contribution in [-0.2, 0) is 4.79 Å². The zero-order valence-electron chi connectivity index (χ0n) is 20.4. The first-order valence-electron chi connectivity index (χ1n) is 11.7. The number of carbonyl (C=O) groups excluding carboxylic acids is 1. The smallest absolute Gasteiger partial charge is 0.273 e. The Bertz CT molecular complexity index is 1610. The Morgan fingerprint density at radius 3 is 2.32 bits per heavy atom. The maximum Gasteiger partial charge on any atom is 0.273 e. The van der Waals surface area contributed by atoms with Gasteiger partial charge in [-0.05, 0) is 62.4 Å². The molecule has 0 aliphatic carbocycles. The highest BCUT2D eigenvalue weighted by Crippen LogP contribution is 2.19. The zero-order chi connectivity index (χ0) is 26.2. The number of ether oxygens (including phenoxy) is 2. The summed E-state index contributed by atoms with van der Waals surface area (Å²) in [6.07, 6.45) is 1.72. The molecule has 0 saturated heterocycles. The molecule has 0 spiro atoms. The minimum Gasteiger partial charge on any atom is -0.494 e. The molecule has 0 bridgehead atoms. The van der Waals surface area contributed by atoms with E-state index in [0.717, 1.165) is 16.9 Å². The number of nitriles is 1. The second-order valence-electron chi connectivity index (χ2n) is 7.76. The highest BCUT2D eigenvalue weighted by Gasteiger charge is 2.17. The van der Waals surface area contributed by atoms with E-state index in [9.17, 15) is 14.9 Å². The molecular weight excluding hydrogens is 486 g/mol. The van der Waals surface area contributed by atoms with Crippen molar-refractivity contribution in [2.75, 3.05) is 18.5 Å². The second-order valence-corrected chi connectivity index (χ2v) is 8.79. The van der Waals surface area contributed by atoms with Crippen molar-refractivity contribution in [1.29, 1.82) is 5.26 Å². The average molecular weight is 512 g/mol. The fourth-order valence-electron chi connectivity index (χ4n) is 3.68. The third-order valence-corrected chi connectivity index (χ3v) is 6.41. The average Bonchev–Trinajstić information content (AvgIpc) is 3.22. The number of amides is 1. The fraction of sp³-hybridized carbons (Fsp3) is 0.138. The Balaban J connectivity index is 1.88. The molecule has 4 rings (SSSR count). The minimum atomic E-state index is -0.612. The number of hydrogen-bond donors (Lipinski definition) is 1. The van der Waals surface area contributed by atoms with Gasteiger partial charge in [-0.15, -0.1) is 11.3 Å². The third-order valence-electron chi connectivity index (χ3n) is 5.32. The number of rotatable bonds is 8. The maximum absolute atomic E-state index is 13.6. The Kier molecular flexibility index (Phi) is 8.18. The summed E-state index contributed by atoms with van der Waals surface area (Å²) in [5.74, 6) is 0.705. The summed E-state index contributed by atoms with van der Waals surface area (Å²) >= 11 is 1.08. The van der Waals surface area contributed by atoms with Gasteiger partial charge in [-0.1, -0.05) is 36.4 Å². The molecule has 0 radical (unpaired) electrons. The number of benzene rings is 3. The van der Waals surface area contributed by atoms with Gasteiger partial charge in [0.1, 0.15) is 22.2 Å². The summed E-state index contributed by atoms with van der Waals surface area (Å²) < 4.78 is 13.1. The van der Waals surface area contributed by atoms with Crippen molar-refractivity contribution in [3.05, 3.63) is 104 Å². The van der Waals surface area contributed by atoms with Gasteiger partial charge in [-0.3, -0.25) is 14.2 Å². The predicted molar refractivity (Wildman–Crippen MR) is 146 cm³/mol. The van der Waals surface area contributed by atoms with Crippen LogP contribution >= 0.6 is 11.3 Å². The van der Waals surface area contributed by atoms with Gasteiger partial charge >= 0.3 is 0 Å². The first-order valence-corrected chi connectivity index (χ1v) is 12.6. The van der Waals surface area contributed by atoms with Crippen LogP contribution in [0, 0.1) is 11.3 Å². The van der Waals surface area contributed by atoms with E-state index in [0.29, 0.717) is 40.6 Å². The van der Waals surface area contributed by atoms with E-state index >= 15 is 0 Å². The topological polar surface area (TPSA) is 93.3 Å². The summed E-state index contributed by atoms with van der Waals surface area (Å²) in [4.78, 5) is 26.8. The lowest BCUT2D eigenvalue weighted by molar-refractivity contribution is -0.111. The second kappa shape index (κ2) is 11.9. The molecule has 1 N–H and O–H groups in total. The first-order chi connectivity index (χ1) is 18.0. The molecule has 8 heteroatoms. The van der Waals surface area contributed by atoms with Gasteiger partial charge in [0.25, 0.3) is 11.5 Å². The highest BCUT2D eigenvalue weighted by atomic mass is 32.1. The lowest BCUT2D eigenvalue weighted by Crippen LogP contribution is -2.32. The predicted octanol–water partition coefficient (Wildman–Crippen LogP) is 3.84. The molecule has 1 amide bonds. The lowest BCUT2D eigenvalue weighted by Gasteiger charge is -2.07. The fourth-order valence-corrected chi connectivity index (χ4v) is 4.77. The van der Waals surface area contributed by atoms with E-state index < -0.39 is 5.91 Å². The normalized spacial score (nSPS) is 12.0. The van der Waals surface area contributed by atoms with Gasteiger partial charge in [0.05, 0.1) is 23.4 Å². The van der Waals surface area contributed by atoms with Crippen molar-refractivity contribution < 1.29 is 14.3 Å². The molecule has 186 valence electrons. The number of anilines is 1. The molecule has 7 nitrogen and oxygen atoms in total. The third kappa shape index (κ3) is 5.80. The lowest BCUT2D eigenvalue weighted by atomic mass is 10.2. The van der Waals surface area contributed by atoms with Crippen LogP contribution in [0.5, 0.6) is 11.5 Å². The molecule has 3 aromatic carbocycles. The summed E-state index contributed by atoms with van der Waals surface area (Å²) in [5, 5.41) is 12.8. The summed E-state index contributed by atoms with van der Waals surface area (Å²) in [6.45, 7) is 4.78. The van der Waals surface area contributed by atoms with Crippen LogP contribution in [0.25, 0.3) is 17.3 Å². The van der Waals surface area contributed by atoms with Crippen LogP contribution < -0.4 is 29.5 Å². The van der Waals surface area contributed by atoms with Gasteiger partial charge in [-0.2, -0.15) is 5.26 Å². The van der Waals surface area contributed by atoms with E-state index in [1.165, 1.54) is 4.57 Å². The van der Waals surface area contributed by atoms with Crippen LogP contribution in [0.15, 0.2) is 83.7 Å². The first kappa shape index (κ1) is 25.5. The molecule has 0 fully saturated rings. The van der Waals surface area contributed by atoms with Crippen LogP contribution in [0.1, 0.15) is 19.4 Å². The standard InChI is InChI=1S/C29H25N3O4S/c1-3-35-23-16-14-21(15-17-23)31-27(33)24(19-30)29-32(22-11-6-5-7-12-22)28(34)26(37-29)18-20-10-8-9-13-25(20)36-4-2/h5-18H,3-4H2,1-2H3,(H,31,33)/b26-18+,29-24-. The van der Waals surface area contributed by atoms with Gasteiger partial charge in [0.2, 0.25) is 0 Å². The Hall–Kier alpha value is -4.61. The van der Waals surface area contributed by atoms with Gasteiger partial charge in [0.15, 0.2) is 5.57 Å². The Morgan fingerprint density at radius 2 is 1.65 bits per heavy atom. The van der Waals surface area contributed by atoms with E-state index in [1.807, 2.05) is 50.2 Å². The summed E-state index contributed by atoms with van der Waals surface area (Å²) in [6, 6.07) is 25.2. The molecule has 1 aromatic heterocycles. The van der Waals surface area contributed by atoms with Crippen molar-refractivity contribution >= 4 is 34.6 Å². The van der Waals surface area contributed by atoms with Crippen molar-refractivity contribution in [3.8, 4) is 23.3 Å². The highest BCUT2D eigenvalue weighted by molar-refractivity contribution is 7.07. The van der Waals surface area contributed by atoms with Crippen molar-refractivity contribution in [3.63, 3.8) is 0 Å². The van der Waals surface area contributed by atoms with Gasteiger partial charge < -0.3 is 14.8 Å². The van der Waals surface area contributed by atoms with E-state index in [2.05, 4.69) is 5.32 Å². The van der Waals surface area contributed by atoms with E-state index in [-0.39, 0.29) is 15.8 Å². The molecule has 1 heterocycles. The number of thiazole rings is 1. The molecule has 37 heavy (non-hydrogen) atoms. The largest absolute Gasteiger partial charge is 0.494 e. The molecule has 0 unspecified atom stereocenters. The molecule has 0 atom stereocenters. The van der Waals surface area contributed by atoms with Gasteiger partial charge in [-0.25, -0.2) is 0 Å².